The number of hydrogen-bond donors (Lipinski definition) is 3. The molecular formula is C14H19Cl2FN4OS. The zero-order chi connectivity index (χ0) is 15.4. The standard InChI is InChI=1S/C14H17FN4OS.2ClH/c1-8(2)17-10-4-3-9(15)5-11(10)19-14(20)12-7-21-13(6-16)18-12;;/h3-5,7-8,17H,6,16H2,1-2H3,(H,19,20);2*1H. The molecule has 0 aliphatic heterocycles. The number of benzene rings is 1. The molecule has 0 aliphatic rings. The van der Waals surface area contributed by atoms with Crippen LogP contribution in [0.25, 0.3) is 0 Å². The van der Waals surface area contributed by atoms with Gasteiger partial charge in [0.05, 0.1) is 11.4 Å². The van der Waals surface area contributed by atoms with E-state index < -0.39 is 5.82 Å². The topological polar surface area (TPSA) is 80.0 Å². The lowest BCUT2D eigenvalue weighted by Gasteiger charge is -2.15. The lowest BCUT2D eigenvalue weighted by Crippen LogP contribution is -2.17. The molecule has 128 valence electrons. The number of carbonyl (C=O) groups excluding carboxylic acids is 1. The second kappa shape index (κ2) is 9.67. The van der Waals surface area contributed by atoms with Crippen molar-refractivity contribution in [3.63, 3.8) is 0 Å². The van der Waals surface area contributed by atoms with Crippen molar-refractivity contribution in [2.75, 3.05) is 10.6 Å². The molecule has 1 aromatic carbocycles. The van der Waals surface area contributed by atoms with E-state index in [1.54, 1.807) is 11.4 Å². The molecular weight excluding hydrogens is 362 g/mol. The molecule has 0 saturated heterocycles. The van der Waals surface area contributed by atoms with Gasteiger partial charge >= 0.3 is 0 Å². The Kier molecular flexibility index (Phi) is 9.07. The molecule has 0 aliphatic carbocycles. The third-order valence-corrected chi connectivity index (χ3v) is 3.50. The van der Waals surface area contributed by atoms with Crippen molar-refractivity contribution < 1.29 is 9.18 Å². The van der Waals surface area contributed by atoms with Gasteiger partial charge in [0.1, 0.15) is 16.5 Å². The van der Waals surface area contributed by atoms with Crippen LogP contribution < -0.4 is 16.4 Å². The summed E-state index contributed by atoms with van der Waals surface area (Å²) >= 11 is 1.32. The van der Waals surface area contributed by atoms with E-state index >= 15 is 0 Å². The summed E-state index contributed by atoms with van der Waals surface area (Å²) in [6, 6.07) is 4.38. The Morgan fingerprint density at radius 2 is 2.04 bits per heavy atom. The van der Waals surface area contributed by atoms with Crippen molar-refractivity contribution in [2.45, 2.75) is 26.4 Å². The Labute approximate surface area is 150 Å². The van der Waals surface area contributed by atoms with Crippen LogP contribution >= 0.6 is 36.2 Å². The van der Waals surface area contributed by atoms with Gasteiger partial charge in [-0.3, -0.25) is 4.79 Å². The van der Waals surface area contributed by atoms with Crippen LogP contribution in [0.3, 0.4) is 0 Å². The highest BCUT2D eigenvalue weighted by molar-refractivity contribution is 7.09. The number of thiazole rings is 1. The third-order valence-electron chi connectivity index (χ3n) is 2.63. The number of aromatic nitrogens is 1. The van der Waals surface area contributed by atoms with E-state index in [1.165, 1.54) is 23.5 Å². The molecule has 0 bridgehead atoms. The number of amides is 1. The minimum atomic E-state index is -0.416. The summed E-state index contributed by atoms with van der Waals surface area (Å²) < 4.78 is 13.4. The van der Waals surface area contributed by atoms with E-state index in [0.717, 1.165) is 0 Å². The normalized spacial score (nSPS) is 9.78. The quantitative estimate of drug-likeness (QED) is 0.739. The van der Waals surface area contributed by atoms with Crippen molar-refractivity contribution in [3.8, 4) is 0 Å². The summed E-state index contributed by atoms with van der Waals surface area (Å²) in [4.78, 5) is 16.2. The van der Waals surface area contributed by atoms with Gasteiger partial charge in [0.25, 0.3) is 5.91 Å². The van der Waals surface area contributed by atoms with Crippen molar-refractivity contribution in [1.82, 2.24) is 4.98 Å². The Morgan fingerprint density at radius 1 is 1.35 bits per heavy atom. The van der Waals surface area contributed by atoms with Gasteiger partial charge in [-0.25, -0.2) is 9.37 Å². The summed E-state index contributed by atoms with van der Waals surface area (Å²) in [6.45, 7) is 4.21. The van der Waals surface area contributed by atoms with E-state index in [4.69, 9.17) is 5.73 Å². The van der Waals surface area contributed by atoms with Crippen LogP contribution in [-0.2, 0) is 6.54 Å². The van der Waals surface area contributed by atoms with E-state index in [1.807, 2.05) is 13.8 Å². The van der Waals surface area contributed by atoms with Crippen LogP contribution in [-0.4, -0.2) is 16.9 Å². The molecule has 0 saturated carbocycles. The van der Waals surface area contributed by atoms with Crippen LogP contribution in [0.1, 0.15) is 29.3 Å². The molecule has 4 N–H and O–H groups in total. The van der Waals surface area contributed by atoms with Crippen LogP contribution in [0.15, 0.2) is 23.6 Å². The number of nitrogens with zero attached hydrogens (tertiary/aromatic N) is 1. The fourth-order valence-electron chi connectivity index (χ4n) is 1.75. The first-order chi connectivity index (χ1) is 9.99. The van der Waals surface area contributed by atoms with Gasteiger partial charge < -0.3 is 16.4 Å². The number of rotatable bonds is 5. The van der Waals surface area contributed by atoms with Crippen molar-refractivity contribution in [3.05, 3.63) is 40.1 Å². The predicted octanol–water partition coefficient (Wildman–Crippen LogP) is 3.66. The number of nitrogens with one attached hydrogen (secondary N) is 2. The summed E-state index contributed by atoms with van der Waals surface area (Å²) in [6.07, 6.45) is 0. The maximum Gasteiger partial charge on any atom is 0.275 e. The smallest absolute Gasteiger partial charge is 0.275 e. The van der Waals surface area contributed by atoms with Gasteiger partial charge in [0, 0.05) is 18.0 Å². The Balaban J connectivity index is 0.00000242. The number of hydrogen-bond acceptors (Lipinski definition) is 5. The summed E-state index contributed by atoms with van der Waals surface area (Å²) in [5.74, 6) is -0.802. The number of anilines is 2. The first-order valence-electron chi connectivity index (χ1n) is 6.51. The highest BCUT2D eigenvalue weighted by atomic mass is 35.5. The maximum atomic E-state index is 13.4. The molecule has 1 amide bonds. The number of nitrogens with two attached hydrogens (primary N) is 1. The second-order valence-corrected chi connectivity index (χ2v) is 5.72. The molecule has 5 nitrogen and oxygen atoms in total. The molecule has 1 heterocycles. The van der Waals surface area contributed by atoms with Gasteiger partial charge in [-0.05, 0) is 32.0 Å². The van der Waals surface area contributed by atoms with Crippen LogP contribution in [0.4, 0.5) is 15.8 Å². The zero-order valence-corrected chi connectivity index (χ0v) is 15.1. The highest BCUT2D eigenvalue weighted by Crippen LogP contribution is 2.24. The molecule has 0 fully saturated rings. The minimum Gasteiger partial charge on any atom is -0.381 e. The van der Waals surface area contributed by atoms with Gasteiger partial charge in [-0.15, -0.1) is 36.2 Å². The number of carbonyl (C=O) groups is 1. The van der Waals surface area contributed by atoms with E-state index in [-0.39, 0.29) is 49.0 Å². The maximum absolute atomic E-state index is 13.4. The number of halogens is 3. The highest BCUT2D eigenvalue weighted by Gasteiger charge is 2.13. The lowest BCUT2D eigenvalue weighted by molar-refractivity contribution is 0.102. The molecule has 2 aromatic rings. The summed E-state index contributed by atoms with van der Waals surface area (Å²) in [5.41, 5.74) is 6.80. The largest absolute Gasteiger partial charge is 0.381 e. The molecule has 0 atom stereocenters. The molecule has 23 heavy (non-hydrogen) atoms. The van der Waals surface area contributed by atoms with E-state index in [9.17, 15) is 9.18 Å². The third kappa shape index (κ3) is 5.95. The van der Waals surface area contributed by atoms with Gasteiger partial charge in [0.2, 0.25) is 0 Å². The van der Waals surface area contributed by atoms with Crippen molar-refractivity contribution in [1.29, 1.82) is 0 Å². The monoisotopic (exact) mass is 380 g/mol. The molecule has 0 unspecified atom stereocenters. The second-order valence-electron chi connectivity index (χ2n) is 4.77. The average molecular weight is 381 g/mol. The Bertz CT molecular complexity index is 651. The molecule has 9 heteroatoms. The summed E-state index contributed by atoms with van der Waals surface area (Å²) in [5, 5.41) is 8.14. The molecule has 0 spiro atoms. The van der Waals surface area contributed by atoms with Crippen molar-refractivity contribution >= 4 is 53.4 Å². The average Bonchev–Trinajstić information content (AvgIpc) is 2.90. The fourth-order valence-corrected chi connectivity index (χ4v) is 2.41. The first-order valence-corrected chi connectivity index (χ1v) is 7.39. The Morgan fingerprint density at radius 3 is 2.61 bits per heavy atom. The van der Waals surface area contributed by atoms with Crippen LogP contribution in [0.2, 0.25) is 0 Å². The van der Waals surface area contributed by atoms with Gasteiger partial charge in [-0.2, -0.15) is 0 Å². The van der Waals surface area contributed by atoms with Crippen molar-refractivity contribution in [2.24, 2.45) is 5.73 Å². The molecule has 1 aromatic heterocycles. The van der Waals surface area contributed by atoms with Gasteiger partial charge in [0.15, 0.2) is 0 Å². The SMILES string of the molecule is CC(C)Nc1ccc(F)cc1NC(=O)c1csc(CN)n1.Cl.Cl. The van der Waals surface area contributed by atoms with E-state index in [0.29, 0.717) is 16.4 Å². The molecule has 2 rings (SSSR count). The zero-order valence-electron chi connectivity index (χ0n) is 12.6. The first kappa shape index (κ1) is 21.6. The summed E-state index contributed by atoms with van der Waals surface area (Å²) in [7, 11) is 0. The fraction of sp³-hybridized carbons (Fsp3) is 0.286. The van der Waals surface area contributed by atoms with Gasteiger partial charge in [-0.1, -0.05) is 0 Å². The lowest BCUT2D eigenvalue weighted by atomic mass is 10.2. The van der Waals surface area contributed by atoms with E-state index in [2.05, 4.69) is 15.6 Å². The predicted molar refractivity (Wildman–Crippen MR) is 97.6 cm³/mol. The minimum absolute atomic E-state index is 0. The van der Waals surface area contributed by atoms with Crippen LogP contribution in [0.5, 0.6) is 0 Å². The Hall–Kier alpha value is -1.41. The molecule has 0 radical (unpaired) electrons. The van der Waals surface area contributed by atoms with Crippen LogP contribution in [0, 0.1) is 5.82 Å².